The molecule has 0 bridgehead atoms. The molecule has 1 saturated heterocycles. The van der Waals surface area contributed by atoms with E-state index in [-0.39, 0.29) is 27.4 Å². The molecule has 1 heterocycles. The number of aliphatic hydroxyl groups is 2. The van der Waals surface area contributed by atoms with Crippen LogP contribution in [0.2, 0.25) is 0 Å². The molecule has 0 saturated carbocycles. The van der Waals surface area contributed by atoms with Gasteiger partial charge in [-0.05, 0) is 101 Å². The van der Waals surface area contributed by atoms with Crippen molar-refractivity contribution in [1.82, 2.24) is 4.90 Å². The molecule has 1 fully saturated rings. The third-order valence-corrected chi connectivity index (χ3v) is 13.3. The summed E-state index contributed by atoms with van der Waals surface area (Å²) in [5.74, 6) is -2.65. The number of carbonyl (C=O) groups excluding carboxylic acids is 8. The van der Waals surface area contributed by atoms with E-state index in [9.17, 15) is 43.5 Å². The van der Waals surface area contributed by atoms with E-state index < -0.39 is 66.8 Å². The van der Waals surface area contributed by atoms with Gasteiger partial charge in [-0.25, -0.2) is 19.2 Å². The molecule has 0 amide bonds. The lowest BCUT2D eigenvalue weighted by Crippen LogP contribution is -2.42. The lowest BCUT2D eigenvalue weighted by atomic mass is 10.1. The Bertz CT molecular complexity index is 1650. The number of esters is 5. The van der Waals surface area contributed by atoms with Crippen molar-refractivity contribution in [1.29, 1.82) is 0 Å². The number of alkyl halides is 2. The van der Waals surface area contributed by atoms with E-state index in [1.807, 2.05) is 30.3 Å². The van der Waals surface area contributed by atoms with Gasteiger partial charge < -0.3 is 48.3 Å². The van der Waals surface area contributed by atoms with Crippen LogP contribution in [-0.4, -0.2) is 129 Å². The van der Waals surface area contributed by atoms with E-state index in [4.69, 9.17) is 33.5 Å². The Labute approximate surface area is 492 Å². The second kappa shape index (κ2) is 56.8. The Hall–Kier alpha value is -3.50. The number of carbonyl (C=O) groups is 8. The van der Waals surface area contributed by atoms with Crippen molar-refractivity contribution in [3.05, 3.63) is 35.9 Å². The molecule has 0 aromatic heterocycles. The number of benzene rings is 1. The van der Waals surface area contributed by atoms with Crippen LogP contribution in [0.5, 0.6) is 0 Å². The summed E-state index contributed by atoms with van der Waals surface area (Å²) < 4.78 is 33.9. The number of unbranched alkanes of at least 4 members (excludes halogenated alkanes) is 12. The Morgan fingerprint density at radius 3 is 1.53 bits per heavy atom. The van der Waals surface area contributed by atoms with Crippen molar-refractivity contribution in [2.24, 2.45) is 0 Å². The van der Waals surface area contributed by atoms with Crippen LogP contribution in [0.25, 0.3) is 0 Å². The normalized spacial score (nSPS) is 15.5. The fourth-order valence-electron chi connectivity index (χ4n) is 6.27. The van der Waals surface area contributed by atoms with Crippen LogP contribution in [-0.2, 0) is 78.1 Å². The summed E-state index contributed by atoms with van der Waals surface area (Å²) in [4.78, 5) is 89.1. The quantitative estimate of drug-likeness (QED) is 0.0122. The first kappa shape index (κ1) is 81.0. The maximum absolute atomic E-state index is 11.8. The molecule has 21 heteroatoms. The Morgan fingerprint density at radius 1 is 0.615 bits per heavy atom. The van der Waals surface area contributed by atoms with Crippen molar-refractivity contribution in [2.45, 2.75) is 258 Å². The van der Waals surface area contributed by atoms with Gasteiger partial charge in [0.1, 0.15) is 11.4 Å². The van der Waals surface area contributed by atoms with E-state index in [1.165, 1.54) is 46.3 Å². The zero-order chi connectivity index (χ0) is 60.1. The molecule has 0 aliphatic carbocycles. The van der Waals surface area contributed by atoms with Gasteiger partial charge in [-0.3, -0.25) is 19.2 Å². The summed E-state index contributed by atoms with van der Waals surface area (Å²) in [6, 6.07) is 9.24. The predicted molar refractivity (Wildman–Crippen MR) is 313 cm³/mol. The SMILES string of the molecule is CC(Br)C(=O)Br.CCCCCCC(O)C(=O)OC(C)C(=O)OCc1ccccc1.CCCCCCC(O)OC=O.CCCCCCC(OC=O)OC(=O)C(C)Br.CCCCCCC1OC(=O)C(C)OC1=O.CCN(CC)CC. The van der Waals surface area contributed by atoms with E-state index >= 15 is 0 Å². The monoisotopic (exact) mass is 1310 g/mol. The van der Waals surface area contributed by atoms with Gasteiger partial charge in [0.25, 0.3) is 12.9 Å². The molecular formula is C57H98Br3NO17. The number of nitrogens with zero attached hydrogens (tertiary/aromatic N) is 1. The number of rotatable bonds is 35. The van der Waals surface area contributed by atoms with Gasteiger partial charge in [0, 0.05) is 12.8 Å². The fraction of sp³-hybridized carbons (Fsp3) is 0.754. The summed E-state index contributed by atoms with van der Waals surface area (Å²) in [6.07, 6.45) is 13.5. The molecule has 1 aliphatic heterocycles. The number of halogens is 3. The molecule has 18 nitrogen and oxygen atoms in total. The minimum absolute atomic E-state index is 0.0116. The standard InChI is InChI=1S/C18H26O5.C11H19BrO4.C11H18O4.C8H16O3.C6H15N.C3H4Br2O/c1-3-4-5-9-12-16(19)18(21)23-14(2)17(20)22-13-15-10-7-6-8-11-15;1-3-4-5-6-7-10(15-8-13)16-11(14)9(2)12;1-3-4-5-6-7-9-11(13)14-8(2)10(12)15-9;1-2-3-4-5-6-8(10)11-7-9;1-4-7(5-2)6-3;1-2(4)3(5)6/h6-8,10-11,14,16,19H,3-5,9,12-13H2,1-2H3;8-10H,3-7H2,1-2H3;8-9H,3-7H2,1-2H3;7-8,10H,2-6H2,1H3;4-6H2,1-3H3;2H,1H3. The summed E-state index contributed by atoms with van der Waals surface area (Å²) in [6.45, 7) is 25.7. The second-order valence-corrected chi connectivity index (χ2v) is 21.6. The van der Waals surface area contributed by atoms with Gasteiger partial charge in [0.15, 0.2) is 30.7 Å². The van der Waals surface area contributed by atoms with Crippen LogP contribution in [0.1, 0.15) is 210 Å². The predicted octanol–water partition coefficient (Wildman–Crippen LogP) is 12.1. The Morgan fingerprint density at radius 2 is 1.09 bits per heavy atom. The molecular weight excluding hydrogens is 1210 g/mol. The molecule has 1 aromatic carbocycles. The zero-order valence-corrected chi connectivity index (χ0v) is 53.5. The summed E-state index contributed by atoms with van der Waals surface area (Å²) in [7, 11) is 0. The van der Waals surface area contributed by atoms with E-state index in [0.29, 0.717) is 32.2 Å². The average molecular weight is 1310 g/mol. The summed E-state index contributed by atoms with van der Waals surface area (Å²) in [5, 5.41) is 18.6. The number of aliphatic hydroxyl groups excluding tert-OH is 2. The van der Waals surface area contributed by atoms with Crippen molar-refractivity contribution in [3.63, 3.8) is 0 Å². The van der Waals surface area contributed by atoms with Crippen LogP contribution >= 0.6 is 47.8 Å². The first-order valence-corrected chi connectivity index (χ1v) is 30.5. The number of hydrogen-bond donors (Lipinski definition) is 2. The van der Waals surface area contributed by atoms with Crippen molar-refractivity contribution < 1.29 is 81.7 Å². The number of ether oxygens (including phenoxy) is 7. The molecule has 0 radical (unpaired) electrons. The van der Waals surface area contributed by atoms with Gasteiger partial charge in [-0.1, -0.05) is 194 Å². The van der Waals surface area contributed by atoms with E-state index in [0.717, 1.165) is 95.5 Å². The third-order valence-electron chi connectivity index (χ3n) is 11.2. The zero-order valence-electron chi connectivity index (χ0n) is 48.7. The summed E-state index contributed by atoms with van der Waals surface area (Å²) >= 11 is 8.89. The van der Waals surface area contributed by atoms with E-state index in [1.54, 1.807) is 13.8 Å². The van der Waals surface area contributed by atoms with Crippen molar-refractivity contribution in [2.75, 3.05) is 19.6 Å². The van der Waals surface area contributed by atoms with Gasteiger partial charge in [-0.15, -0.1) is 0 Å². The van der Waals surface area contributed by atoms with Crippen molar-refractivity contribution >= 4 is 95.3 Å². The molecule has 2 N–H and O–H groups in total. The molecule has 1 aromatic rings. The van der Waals surface area contributed by atoms with Crippen molar-refractivity contribution in [3.8, 4) is 0 Å². The third kappa shape index (κ3) is 50.7. The lowest BCUT2D eigenvalue weighted by Gasteiger charge is -2.25. The highest BCUT2D eigenvalue weighted by atomic mass is 79.9. The second-order valence-electron chi connectivity index (χ2n) is 18.0. The topological polar surface area (TPSA) is 245 Å². The largest absolute Gasteiger partial charge is 0.458 e. The Kier molecular flexibility index (Phi) is 58.9. The number of hydrogen-bond acceptors (Lipinski definition) is 18. The minimum Gasteiger partial charge on any atom is -0.458 e. The number of cyclic esters (lactones) is 2. The average Bonchev–Trinajstić information content (AvgIpc) is 3.41. The first-order chi connectivity index (χ1) is 37.1. The smallest absolute Gasteiger partial charge is 0.348 e. The van der Waals surface area contributed by atoms with Gasteiger partial charge >= 0.3 is 29.8 Å². The maximum atomic E-state index is 11.8. The van der Waals surface area contributed by atoms with Gasteiger partial charge in [0.2, 0.25) is 11.0 Å². The first-order valence-electron chi connectivity index (χ1n) is 27.9. The highest BCUT2D eigenvalue weighted by molar-refractivity contribution is 9.20. The van der Waals surface area contributed by atoms with Crippen LogP contribution in [0.15, 0.2) is 30.3 Å². The molecule has 8 unspecified atom stereocenters. The molecule has 78 heavy (non-hydrogen) atoms. The molecule has 454 valence electrons. The molecule has 2 rings (SSSR count). The van der Waals surface area contributed by atoms with Crippen LogP contribution < -0.4 is 0 Å². The van der Waals surface area contributed by atoms with Crippen LogP contribution in [0, 0.1) is 0 Å². The van der Waals surface area contributed by atoms with Crippen LogP contribution in [0.3, 0.4) is 0 Å². The minimum atomic E-state index is -1.18. The fourth-order valence-corrected chi connectivity index (χ4v) is 6.38. The van der Waals surface area contributed by atoms with E-state index in [2.05, 4.69) is 106 Å². The highest BCUT2D eigenvalue weighted by Gasteiger charge is 2.35. The van der Waals surface area contributed by atoms with Gasteiger partial charge in [-0.2, -0.15) is 0 Å². The maximum Gasteiger partial charge on any atom is 0.348 e. The highest BCUT2D eigenvalue weighted by Crippen LogP contribution is 2.17. The molecule has 0 spiro atoms. The van der Waals surface area contributed by atoms with Crippen LogP contribution in [0.4, 0.5) is 0 Å². The molecule has 1 aliphatic rings. The lowest BCUT2D eigenvalue weighted by molar-refractivity contribution is -0.193. The molecule has 8 atom stereocenters. The van der Waals surface area contributed by atoms with Gasteiger partial charge in [0.05, 0.1) is 4.83 Å². The Balaban J connectivity index is -0.000000445. The summed E-state index contributed by atoms with van der Waals surface area (Å²) in [5.41, 5.74) is 0.857.